The summed E-state index contributed by atoms with van der Waals surface area (Å²) in [6, 6.07) is 8.22. The highest BCUT2D eigenvalue weighted by molar-refractivity contribution is 14.0. The van der Waals surface area contributed by atoms with Crippen LogP contribution in [0.2, 0.25) is 0 Å². The number of guanidine groups is 1. The molecule has 0 amide bonds. The Balaban J connectivity index is 0.00000320. The lowest BCUT2D eigenvalue weighted by atomic mass is 10.1. The second-order valence-electron chi connectivity index (χ2n) is 7.77. The van der Waals surface area contributed by atoms with E-state index < -0.39 is 0 Å². The van der Waals surface area contributed by atoms with Gasteiger partial charge in [-0.05, 0) is 51.4 Å². The Bertz CT molecular complexity index is 785. The zero-order valence-corrected chi connectivity index (χ0v) is 21.1. The molecule has 0 bridgehead atoms. The van der Waals surface area contributed by atoms with Crippen molar-refractivity contribution in [3.63, 3.8) is 0 Å². The molecule has 2 aromatic rings. The molecule has 1 saturated heterocycles. The molecule has 1 aromatic carbocycles. The van der Waals surface area contributed by atoms with Gasteiger partial charge < -0.3 is 19.5 Å². The summed E-state index contributed by atoms with van der Waals surface area (Å²) in [6.07, 6.45) is 2.94. The number of aliphatic imine (C=N–C) groups is 1. The first-order chi connectivity index (χ1) is 14.1. The molecule has 0 spiro atoms. The number of aryl methyl sites for hydroxylation is 1. The van der Waals surface area contributed by atoms with E-state index in [0.29, 0.717) is 18.4 Å². The average molecular weight is 525 g/mol. The van der Waals surface area contributed by atoms with Crippen LogP contribution in [0, 0.1) is 12.8 Å². The molecule has 3 rings (SSSR count). The van der Waals surface area contributed by atoms with Gasteiger partial charge in [-0.15, -0.1) is 24.0 Å². The fourth-order valence-corrected chi connectivity index (χ4v) is 3.81. The van der Waals surface area contributed by atoms with Gasteiger partial charge in [0.05, 0.1) is 6.54 Å². The van der Waals surface area contributed by atoms with Gasteiger partial charge in [0, 0.05) is 31.7 Å². The molecule has 1 unspecified atom stereocenters. The number of likely N-dealkylation sites (tertiary alicyclic amines) is 1. The van der Waals surface area contributed by atoms with E-state index in [0.717, 1.165) is 49.9 Å². The van der Waals surface area contributed by atoms with Crippen LogP contribution in [-0.4, -0.2) is 60.0 Å². The smallest absolute Gasteiger partial charge is 0.226 e. The van der Waals surface area contributed by atoms with E-state index in [4.69, 9.17) is 9.41 Å². The van der Waals surface area contributed by atoms with E-state index >= 15 is 0 Å². The molecule has 6 nitrogen and oxygen atoms in total. The van der Waals surface area contributed by atoms with Crippen LogP contribution >= 0.6 is 24.0 Å². The van der Waals surface area contributed by atoms with Crippen molar-refractivity contribution in [2.45, 2.75) is 40.7 Å². The molecule has 166 valence electrons. The highest BCUT2D eigenvalue weighted by atomic mass is 127. The standard InChI is InChI=1S/C23H35N5O.HI/c1-5-24-23(28-13-12-19(16-28)15-27(6-2)7-3)25-14-21-17-29-22(26-21)20-10-8-18(4)9-11-20;/h8-11,17,19H,5-7,12-16H2,1-4H3,(H,24,25);1H. The van der Waals surface area contributed by atoms with Crippen molar-refractivity contribution in [3.05, 3.63) is 41.8 Å². The number of hydrogen-bond acceptors (Lipinski definition) is 4. The summed E-state index contributed by atoms with van der Waals surface area (Å²) < 4.78 is 5.67. The van der Waals surface area contributed by atoms with Crippen LogP contribution in [0.1, 0.15) is 38.4 Å². The van der Waals surface area contributed by atoms with Gasteiger partial charge in [-0.2, -0.15) is 0 Å². The third-order valence-electron chi connectivity index (χ3n) is 5.57. The minimum absolute atomic E-state index is 0. The van der Waals surface area contributed by atoms with E-state index in [9.17, 15) is 0 Å². The van der Waals surface area contributed by atoms with Crippen molar-refractivity contribution in [2.75, 3.05) is 39.3 Å². The predicted molar refractivity (Wildman–Crippen MR) is 134 cm³/mol. The van der Waals surface area contributed by atoms with Crippen molar-refractivity contribution in [3.8, 4) is 11.5 Å². The summed E-state index contributed by atoms with van der Waals surface area (Å²) in [6.45, 7) is 15.6. The normalized spacial score (nSPS) is 16.8. The first kappa shape index (κ1) is 24.7. The van der Waals surface area contributed by atoms with Gasteiger partial charge in [0.1, 0.15) is 12.0 Å². The summed E-state index contributed by atoms with van der Waals surface area (Å²) in [5, 5.41) is 3.45. The molecule has 30 heavy (non-hydrogen) atoms. The van der Waals surface area contributed by atoms with Gasteiger partial charge in [0.2, 0.25) is 5.89 Å². The number of benzene rings is 1. The van der Waals surface area contributed by atoms with Crippen LogP contribution < -0.4 is 5.32 Å². The van der Waals surface area contributed by atoms with Crippen molar-refractivity contribution in [1.29, 1.82) is 0 Å². The van der Waals surface area contributed by atoms with E-state index in [1.807, 2.05) is 12.1 Å². The second kappa shape index (κ2) is 12.3. The van der Waals surface area contributed by atoms with Gasteiger partial charge >= 0.3 is 0 Å². The average Bonchev–Trinajstić information content (AvgIpc) is 3.39. The lowest BCUT2D eigenvalue weighted by Gasteiger charge is -2.24. The minimum atomic E-state index is 0. The van der Waals surface area contributed by atoms with Crippen molar-refractivity contribution < 1.29 is 4.42 Å². The Morgan fingerprint density at radius 3 is 2.63 bits per heavy atom. The maximum atomic E-state index is 5.67. The van der Waals surface area contributed by atoms with E-state index in [1.54, 1.807) is 6.26 Å². The molecule has 2 heterocycles. The number of halogens is 1. The zero-order chi connectivity index (χ0) is 20.6. The SMILES string of the molecule is CCNC(=NCc1coc(-c2ccc(C)cc2)n1)N1CCC(CN(CC)CC)C1.I. The molecule has 1 atom stereocenters. The van der Waals surface area contributed by atoms with Crippen LogP contribution in [0.25, 0.3) is 11.5 Å². The van der Waals surface area contributed by atoms with E-state index in [1.165, 1.54) is 18.5 Å². The maximum absolute atomic E-state index is 5.67. The number of rotatable bonds is 8. The topological polar surface area (TPSA) is 56.9 Å². The number of aromatic nitrogens is 1. The lowest BCUT2D eigenvalue weighted by molar-refractivity contribution is 0.255. The molecule has 0 radical (unpaired) electrons. The van der Waals surface area contributed by atoms with Crippen LogP contribution in [0.5, 0.6) is 0 Å². The Morgan fingerprint density at radius 1 is 1.23 bits per heavy atom. The molecule has 1 aliphatic heterocycles. The zero-order valence-electron chi connectivity index (χ0n) is 18.7. The Hall–Kier alpha value is -1.61. The summed E-state index contributed by atoms with van der Waals surface area (Å²) in [4.78, 5) is 14.4. The van der Waals surface area contributed by atoms with Crippen molar-refractivity contribution >= 4 is 29.9 Å². The molecule has 1 aliphatic rings. The van der Waals surface area contributed by atoms with Gasteiger partial charge in [0.25, 0.3) is 0 Å². The van der Waals surface area contributed by atoms with Gasteiger partial charge in [-0.1, -0.05) is 31.5 Å². The van der Waals surface area contributed by atoms with Crippen LogP contribution in [0.4, 0.5) is 0 Å². The largest absolute Gasteiger partial charge is 0.444 e. The van der Waals surface area contributed by atoms with Crippen LogP contribution in [-0.2, 0) is 6.54 Å². The van der Waals surface area contributed by atoms with E-state index in [-0.39, 0.29) is 24.0 Å². The quantitative estimate of drug-likeness (QED) is 0.315. The monoisotopic (exact) mass is 525 g/mol. The van der Waals surface area contributed by atoms with Gasteiger partial charge in [-0.3, -0.25) is 0 Å². The molecule has 1 aromatic heterocycles. The number of nitrogens with one attached hydrogen (secondary N) is 1. The Morgan fingerprint density at radius 2 is 1.97 bits per heavy atom. The first-order valence-corrected chi connectivity index (χ1v) is 10.9. The predicted octanol–water partition coefficient (Wildman–Crippen LogP) is 4.40. The van der Waals surface area contributed by atoms with Crippen LogP contribution in [0.15, 0.2) is 39.9 Å². The Kier molecular flexibility index (Phi) is 10.1. The number of hydrogen-bond donors (Lipinski definition) is 1. The number of nitrogens with zero attached hydrogens (tertiary/aromatic N) is 4. The molecule has 1 N–H and O–H groups in total. The van der Waals surface area contributed by atoms with Crippen molar-refractivity contribution in [2.24, 2.45) is 10.9 Å². The molecular weight excluding hydrogens is 489 g/mol. The van der Waals surface area contributed by atoms with E-state index in [2.05, 4.69) is 59.9 Å². The summed E-state index contributed by atoms with van der Waals surface area (Å²) in [5.74, 6) is 2.34. The highest BCUT2D eigenvalue weighted by Crippen LogP contribution is 2.20. The number of oxazole rings is 1. The summed E-state index contributed by atoms with van der Waals surface area (Å²) >= 11 is 0. The molecular formula is C23H36IN5O. The highest BCUT2D eigenvalue weighted by Gasteiger charge is 2.26. The first-order valence-electron chi connectivity index (χ1n) is 10.9. The second-order valence-corrected chi connectivity index (χ2v) is 7.77. The fraction of sp³-hybridized carbons (Fsp3) is 0.565. The fourth-order valence-electron chi connectivity index (χ4n) is 3.81. The summed E-state index contributed by atoms with van der Waals surface area (Å²) in [5.41, 5.74) is 3.08. The molecule has 1 fully saturated rings. The maximum Gasteiger partial charge on any atom is 0.226 e. The molecule has 0 aliphatic carbocycles. The lowest BCUT2D eigenvalue weighted by Crippen LogP contribution is -2.40. The minimum Gasteiger partial charge on any atom is -0.444 e. The van der Waals surface area contributed by atoms with Gasteiger partial charge in [-0.25, -0.2) is 9.98 Å². The van der Waals surface area contributed by atoms with Crippen molar-refractivity contribution in [1.82, 2.24) is 20.1 Å². The molecule has 0 saturated carbocycles. The Labute approximate surface area is 198 Å². The van der Waals surface area contributed by atoms with Gasteiger partial charge in [0.15, 0.2) is 5.96 Å². The third kappa shape index (κ3) is 6.70. The third-order valence-corrected chi connectivity index (χ3v) is 5.57. The van der Waals surface area contributed by atoms with Crippen LogP contribution in [0.3, 0.4) is 0 Å². The molecule has 7 heteroatoms. The summed E-state index contributed by atoms with van der Waals surface area (Å²) in [7, 11) is 0.